The molecule has 2 aliphatic rings. The van der Waals surface area contributed by atoms with Crippen molar-refractivity contribution >= 4 is 5.97 Å². The molecule has 1 aromatic rings. The van der Waals surface area contributed by atoms with Crippen molar-refractivity contribution in [3.63, 3.8) is 0 Å². The molecule has 2 unspecified atom stereocenters. The molecule has 0 spiro atoms. The molecule has 0 amide bonds. The van der Waals surface area contributed by atoms with Crippen LogP contribution in [0.25, 0.3) is 0 Å². The van der Waals surface area contributed by atoms with Crippen molar-refractivity contribution in [3.8, 4) is 5.75 Å². The van der Waals surface area contributed by atoms with Crippen molar-refractivity contribution in [1.29, 1.82) is 0 Å². The van der Waals surface area contributed by atoms with Gasteiger partial charge in [0.25, 0.3) is 0 Å². The third-order valence-corrected chi connectivity index (χ3v) is 6.95. The lowest BCUT2D eigenvalue weighted by atomic mass is 9.81. The molecule has 2 fully saturated rings. The quantitative estimate of drug-likeness (QED) is 0.210. The number of rotatable bonds is 9. The minimum atomic E-state index is -4.84. The summed E-state index contributed by atoms with van der Waals surface area (Å²) in [6.45, 7) is 4.11. The first-order valence-electron chi connectivity index (χ1n) is 12.6. The van der Waals surface area contributed by atoms with Gasteiger partial charge in [0.05, 0.1) is 25.2 Å². The maximum atomic E-state index is 14.9. The zero-order valence-electron chi connectivity index (χ0n) is 20.1. The molecule has 34 heavy (non-hydrogen) atoms. The molecule has 2 atom stereocenters. The van der Waals surface area contributed by atoms with E-state index in [1.807, 2.05) is 0 Å². The fourth-order valence-corrected chi connectivity index (χ4v) is 5.02. The number of esters is 1. The number of hydrogen-bond donors (Lipinski definition) is 0. The van der Waals surface area contributed by atoms with Gasteiger partial charge in [-0.3, -0.25) is 4.79 Å². The van der Waals surface area contributed by atoms with Crippen LogP contribution < -0.4 is 4.74 Å². The van der Waals surface area contributed by atoms with Crippen LogP contribution >= 0.6 is 0 Å². The summed E-state index contributed by atoms with van der Waals surface area (Å²) in [7, 11) is 0. The maximum absolute atomic E-state index is 14.9. The summed E-state index contributed by atoms with van der Waals surface area (Å²) in [6, 6.07) is 2.60. The van der Waals surface area contributed by atoms with E-state index in [2.05, 4.69) is 6.92 Å². The summed E-state index contributed by atoms with van der Waals surface area (Å²) >= 11 is 0. The molecule has 4 nitrogen and oxygen atoms in total. The van der Waals surface area contributed by atoms with Crippen LogP contribution in [0.4, 0.5) is 17.6 Å². The van der Waals surface area contributed by atoms with Crippen LogP contribution in [0.3, 0.4) is 0 Å². The topological polar surface area (TPSA) is 44.8 Å². The molecule has 1 aromatic carbocycles. The standard InChI is InChI=1S/C26H36F4O4/c1-3-5-6-7-19-11-10-18(16-33-19)25(31)34-20-12-8-17(9-13-20)21-14-15-22(32-4-2)23(24(21)27)26(28,29)30/h14-15,17-20H,3-13,16H2,1-2H3. The highest BCUT2D eigenvalue weighted by molar-refractivity contribution is 5.72. The first-order chi connectivity index (χ1) is 16.2. The second-order valence-electron chi connectivity index (χ2n) is 9.41. The van der Waals surface area contributed by atoms with Gasteiger partial charge in [0, 0.05) is 0 Å². The van der Waals surface area contributed by atoms with Gasteiger partial charge in [-0.05, 0) is 69.4 Å². The summed E-state index contributed by atoms with van der Waals surface area (Å²) in [5, 5.41) is 0. The Morgan fingerprint density at radius 1 is 1.06 bits per heavy atom. The highest BCUT2D eigenvalue weighted by Gasteiger charge is 2.40. The van der Waals surface area contributed by atoms with E-state index in [4.69, 9.17) is 14.2 Å². The average Bonchev–Trinajstić information content (AvgIpc) is 2.80. The third-order valence-electron chi connectivity index (χ3n) is 6.95. The Labute approximate surface area is 199 Å². The normalized spacial score (nSPS) is 25.7. The second-order valence-corrected chi connectivity index (χ2v) is 9.41. The Hall–Kier alpha value is -1.83. The third kappa shape index (κ3) is 6.86. The molecular weight excluding hydrogens is 452 g/mol. The molecule has 1 saturated carbocycles. The number of unbranched alkanes of at least 4 members (excludes halogenated alkanes) is 2. The number of carbonyl (C=O) groups excluding carboxylic acids is 1. The highest BCUT2D eigenvalue weighted by Crippen LogP contribution is 2.43. The van der Waals surface area contributed by atoms with Crippen LogP contribution in [0.1, 0.15) is 95.1 Å². The number of ether oxygens (including phenoxy) is 3. The van der Waals surface area contributed by atoms with Crippen molar-refractivity contribution in [2.45, 2.75) is 102 Å². The van der Waals surface area contributed by atoms with E-state index in [-0.39, 0.29) is 42.2 Å². The van der Waals surface area contributed by atoms with E-state index in [0.717, 1.165) is 25.7 Å². The second kappa shape index (κ2) is 12.2. The highest BCUT2D eigenvalue weighted by atomic mass is 19.4. The maximum Gasteiger partial charge on any atom is 0.422 e. The van der Waals surface area contributed by atoms with Gasteiger partial charge in [-0.25, -0.2) is 4.39 Å². The molecule has 0 aromatic heterocycles. The van der Waals surface area contributed by atoms with E-state index in [9.17, 15) is 22.4 Å². The first-order valence-corrected chi connectivity index (χ1v) is 12.6. The molecular formula is C26H36F4O4. The monoisotopic (exact) mass is 488 g/mol. The fraction of sp³-hybridized carbons (Fsp3) is 0.731. The minimum Gasteiger partial charge on any atom is -0.493 e. The predicted octanol–water partition coefficient (Wildman–Crippen LogP) is 7.19. The van der Waals surface area contributed by atoms with Crippen molar-refractivity contribution in [1.82, 2.24) is 0 Å². The Bertz CT molecular complexity index is 795. The van der Waals surface area contributed by atoms with E-state index in [0.29, 0.717) is 32.3 Å². The van der Waals surface area contributed by atoms with Crippen molar-refractivity contribution in [2.24, 2.45) is 5.92 Å². The molecule has 1 heterocycles. The Kier molecular flexibility index (Phi) is 9.63. The summed E-state index contributed by atoms with van der Waals surface area (Å²) in [6.07, 6.45) is 3.12. The van der Waals surface area contributed by atoms with Gasteiger partial charge < -0.3 is 14.2 Å². The van der Waals surface area contributed by atoms with Gasteiger partial charge in [-0.2, -0.15) is 13.2 Å². The zero-order chi connectivity index (χ0) is 24.7. The smallest absolute Gasteiger partial charge is 0.422 e. The van der Waals surface area contributed by atoms with Gasteiger partial charge in [-0.1, -0.05) is 32.3 Å². The molecule has 3 rings (SSSR count). The molecule has 1 aliphatic heterocycles. The van der Waals surface area contributed by atoms with Crippen LogP contribution in [0.2, 0.25) is 0 Å². The molecule has 8 heteroatoms. The van der Waals surface area contributed by atoms with E-state index in [1.54, 1.807) is 6.92 Å². The van der Waals surface area contributed by atoms with Crippen LogP contribution in [0, 0.1) is 11.7 Å². The minimum absolute atomic E-state index is 0.0177. The molecule has 192 valence electrons. The lowest BCUT2D eigenvalue weighted by Gasteiger charge is -2.32. The molecule has 0 radical (unpaired) electrons. The number of carbonyl (C=O) groups is 1. The summed E-state index contributed by atoms with van der Waals surface area (Å²) < 4.78 is 71.9. The predicted molar refractivity (Wildman–Crippen MR) is 120 cm³/mol. The van der Waals surface area contributed by atoms with E-state index >= 15 is 0 Å². The molecule has 0 bridgehead atoms. The van der Waals surface area contributed by atoms with Crippen LogP contribution in [-0.4, -0.2) is 31.4 Å². The number of benzene rings is 1. The lowest BCUT2D eigenvalue weighted by Crippen LogP contribution is -2.34. The molecule has 1 saturated heterocycles. The van der Waals surface area contributed by atoms with Crippen molar-refractivity contribution in [3.05, 3.63) is 29.1 Å². The molecule has 0 N–H and O–H groups in total. The van der Waals surface area contributed by atoms with E-state index < -0.39 is 23.3 Å². The summed E-state index contributed by atoms with van der Waals surface area (Å²) in [4.78, 5) is 12.6. The van der Waals surface area contributed by atoms with Crippen LogP contribution in [0.5, 0.6) is 5.75 Å². The Balaban J connectivity index is 1.51. The summed E-state index contributed by atoms with van der Waals surface area (Å²) in [5.74, 6) is -2.62. The van der Waals surface area contributed by atoms with Gasteiger partial charge in [0.15, 0.2) is 0 Å². The van der Waals surface area contributed by atoms with Gasteiger partial charge >= 0.3 is 12.1 Å². The molecule has 1 aliphatic carbocycles. The Morgan fingerprint density at radius 2 is 1.79 bits per heavy atom. The van der Waals surface area contributed by atoms with Gasteiger partial charge in [-0.15, -0.1) is 0 Å². The number of hydrogen-bond acceptors (Lipinski definition) is 4. The largest absolute Gasteiger partial charge is 0.493 e. The Morgan fingerprint density at radius 3 is 2.38 bits per heavy atom. The van der Waals surface area contributed by atoms with Crippen LogP contribution in [0.15, 0.2) is 12.1 Å². The van der Waals surface area contributed by atoms with Gasteiger partial charge in [0.2, 0.25) is 0 Å². The van der Waals surface area contributed by atoms with Crippen LogP contribution in [-0.2, 0) is 20.4 Å². The average molecular weight is 489 g/mol. The van der Waals surface area contributed by atoms with Crippen molar-refractivity contribution in [2.75, 3.05) is 13.2 Å². The van der Waals surface area contributed by atoms with E-state index in [1.165, 1.54) is 25.0 Å². The fourth-order valence-electron chi connectivity index (χ4n) is 5.02. The SMILES string of the molecule is CCCCCC1CCC(C(=O)OC2CCC(c3ccc(OCC)c(C(F)(F)F)c3F)CC2)CO1. The summed E-state index contributed by atoms with van der Waals surface area (Å²) in [5.41, 5.74) is -1.29. The first kappa shape index (κ1) is 26.8. The lowest BCUT2D eigenvalue weighted by molar-refractivity contribution is -0.162. The van der Waals surface area contributed by atoms with Gasteiger partial charge in [0.1, 0.15) is 23.2 Å². The number of halogens is 4. The zero-order valence-corrected chi connectivity index (χ0v) is 20.1. The number of alkyl halides is 3. The van der Waals surface area contributed by atoms with Crippen molar-refractivity contribution < 1.29 is 36.6 Å².